The van der Waals surface area contributed by atoms with Crippen LogP contribution in [-0.4, -0.2) is 52.3 Å². The van der Waals surface area contributed by atoms with Crippen molar-refractivity contribution in [3.8, 4) is 11.4 Å². The van der Waals surface area contributed by atoms with Crippen LogP contribution in [0.1, 0.15) is 13.8 Å². The number of aromatic nitrogens is 3. The van der Waals surface area contributed by atoms with E-state index in [-0.39, 0.29) is 16.6 Å². The van der Waals surface area contributed by atoms with Gasteiger partial charge >= 0.3 is 0 Å². The molecule has 1 aromatic heterocycles. The lowest BCUT2D eigenvalue weighted by Gasteiger charge is -2.18. The van der Waals surface area contributed by atoms with Crippen LogP contribution in [0.5, 0.6) is 0 Å². The van der Waals surface area contributed by atoms with Gasteiger partial charge in [0, 0.05) is 29.4 Å². The molecule has 0 aliphatic rings. The van der Waals surface area contributed by atoms with Crippen LogP contribution < -0.4 is 11.2 Å². The number of anilines is 1. The molecule has 0 radical (unpaired) electrons. The van der Waals surface area contributed by atoms with E-state index >= 15 is 0 Å². The molecule has 32 heavy (non-hydrogen) atoms. The van der Waals surface area contributed by atoms with Crippen LogP contribution in [-0.2, 0) is 14.8 Å². The fourth-order valence-electron chi connectivity index (χ4n) is 2.92. The molecule has 0 fully saturated rings. The minimum absolute atomic E-state index is 0.0510. The van der Waals surface area contributed by atoms with E-state index in [9.17, 15) is 13.2 Å². The third-order valence-corrected chi connectivity index (χ3v) is 7.84. The van der Waals surface area contributed by atoms with E-state index in [1.54, 1.807) is 50.2 Å². The molecular weight excluding hydrogens is 472 g/mol. The molecule has 0 bridgehead atoms. The average molecular weight is 495 g/mol. The molecule has 12 heteroatoms. The van der Waals surface area contributed by atoms with Crippen molar-refractivity contribution in [3.05, 3.63) is 53.6 Å². The first-order valence-electron chi connectivity index (χ1n) is 9.75. The van der Waals surface area contributed by atoms with Gasteiger partial charge in [0.2, 0.25) is 21.1 Å². The number of hydrogen-bond donors (Lipinski definition) is 2. The van der Waals surface area contributed by atoms with Gasteiger partial charge in [0.1, 0.15) is 0 Å². The number of nitrogens with zero attached hydrogens (tertiary/aromatic N) is 4. The van der Waals surface area contributed by atoms with Gasteiger partial charge in [-0.3, -0.25) is 4.79 Å². The number of nitrogens with two attached hydrogens (primary N) is 1. The highest BCUT2D eigenvalue weighted by Crippen LogP contribution is 2.23. The van der Waals surface area contributed by atoms with Gasteiger partial charge in [0.15, 0.2) is 5.82 Å². The van der Waals surface area contributed by atoms with E-state index in [4.69, 9.17) is 17.4 Å². The molecule has 0 unspecified atom stereocenters. The van der Waals surface area contributed by atoms with E-state index in [1.165, 1.54) is 21.1 Å². The zero-order chi connectivity index (χ0) is 23.3. The number of rotatable bonds is 9. The first-order valence-corrected chi connectivity index (χ1v) is 12.6. The number of nitrogen functional groups attached to an aromatic ring is 1. The summed E-state index contributed by atoms with van der Waals surface area (Å²) >= 11 is 7.03. The van der Waals surface area contributed by atoms with Crippen molar-refractivity contribution in [2.45, 2.75) is 23.9 Å². The highest BCUT2D eigenvalue weighted by Gasteiger charge is 2.21. The summed E-state index contributed by atoms with van der Waals surface area (Å²) in [6, 6.07) is 13.1. The molecule has 0 spiro atoms. The Hall–Kier alpha value is -2.60. The monoisotopic (exact) mass is 494 g/mol. The predicted octanol–water partition coefficient (Wildman–Crippen LogP) is 3.07. The minimum Gasteiger partial charge on any atom is -0.335 e. The second kappa shape index (κ2) is 10.3. The number of carbonyl (C=O) groups excluding carboxylic acids is 1. The zero-order valence-electron chi connectivity index (χ0n) is 17.5. The molecule has 0 saturated carbocycles. The van der Waals surface area contributed by atoms with E-state index < -0.39 is 10.0 Å². The number of amides is 1. The van der Waals surface area contributed by atoms with Gasteiger partial charge < -0.3 is 11.2 Å². The summed E-state index contributed by atoms with van der Waals surface area (Å²) in [6.45, 7) is 4.35. The molecule has 0 atom stereocenters. The van der Waals surface area contributed by atoms with Gasteiger partial charge in [0.25, 0.3) is 0 Å². The normalized spacial score (nSPS) is 11.6. The fraction of sp³-hybridized carbons (Fsp3) is 0.250. The molecule has 1 amide bonds. The van der Waals surface area contributed by atoms with E-state index in [2.05, 4.69) is 15.5 Å². The van der Waals surface area contributed by atoms with Crippen LogP contribution in [0.15, 0.2) is 58.6 Å². The van der Waals surface area contributed by atoms with Crippen molar-refractivity contribution < 1.29 is 13.2 Å². The van der Waals surface area contributed by atoms with Gasteiger partial charge in [-0.05, 0) is 48.5 Å². The van der Waals surface area contributed by atoms with Crippen molar-refractivity contribution >= 4 is 45.0 Å². The quantitative estimate of drug-likeness (QED) is 0.346. The van der Waals surface area contributed by atoms with E-state index in [0.717, 1.165) is 17.3 Å². The Labute approximate surface area is 196 Å². The molecule has 1 heterocycles. The van der Waals surface area contributed by atoms with Crippen LogP contribution in [0.3, 0.4) is 0 Å². The average Bonchev–Trinajstić information content (AvgIpc) is 3.14. The molecule has 0 saturated heterocycles. The lowest BCUT2D eigenvalue weighted by molar-refractivity contribution is -0.113. The second-order valence-corrected chi connectivity index (χ2v) is 9.95. The van der Waals surface area contributed by atoms with Gasteiger partial charge in [-0.15, -0.1) is 10.2 Å². The van der Waals surface area contributed by atoms with Crippen LogP contribution in [0, 0.1) is 0 Å². The Morgan fingerprint density at radius 2 is 1.72 bits per heavy atom. The van der Waals surface area contributed by atoms with Gasteiger partial charge in [-0.2, -0.15) is 4.31 Å². The summed E-state index contributed by atoms with van der Waals surface area (Å²) in [5, 5.41) is 11.8. The smallest absolute Gasteiger partial charge is 0.243 e. The van der Waals surface area contributed by atoms with Crippen molar-refractivity contribution in [1.82, 2.24) is 19.2 Å². The number of halogens is 1. The SMILES string of the molecule is CCN(CC)S(=O)(=O)c1ccc(NC(=O)CSc2nnc(-c3ccc(Cl)cc3)n2N)cc1. The molecule has 0 aliphatic heterocycles. The van der Waals surface area contributed by atoms with Crippen molar-refractivity contribution in [2.24, 2.45) is 0 Å². The van der Waals surface area contributed by atoms with Crippen LogP contribution in [0.25, 0.3) is 11.4 Å². The lowest BCUT2D eigenvalue weighted by Crippen LogP contribution is -2.30. The molecule has 3 aromatic rings. The van der Waals surface area contributed by atoms with Gasteiger partial charge in [0.05, 0.1) is 10.6 Å². The maximum atomic E-state index is 12.5. The van der Waals surface area contributed by atoms with Crippen molar-refractivity contribution in [2.75, 3.05) is 30.0 Å². The third-order valence-electron chi connectivity index (χ3n) is 4.58. The number of hydrogen-bond acceptors (Lipinski definition) is 7. The Morgan fingerprint density at radius 3 is 2.31 bits per heavy atom. The lowest BCUT2D eigenvalue weighted by atomic mass is 10.2. The van der Waals surface area contributed by atoms with E-state index in [1.807, 2.05) is 0 Å². The largest absolute Gasteiger partial charge is 0.335 e. The Morgan fingerprint density at radius 1 is 1.09 bits per heavy atom. The van der Waals surface area contributed by atoms with Crippen LogP contribution in [0.4, 0.5) is 5.69 Å². The number of nitrogens with one attached hydrogen (secondary N) is 1. The molecule has 170 valence electrons. The molecule has 9 nitrogen and oxygen atoms in total. The first kappa shape index (κ1) is 24.1. The highest BCUT2D eigenvalue weighted by atomic mass is 35.5. The first-order chi connectivity index (χ1) is 15.3. The molecule has 2 aromatic carbocycles. The van der Waals surface area contributed by atoms with Crippen LogP contribution in [0.2, 0.25) is 5.02 Å². The standard InChI is InChI=1S/C20H23ClN6O3S2/c1-3-26(4-2)32(29,30)17-11-9-16(10-12-17)23-18(28)13-31-20-25-24-19(27(20)22)14-5-7-15(21)8-6-14/h5-12H,3-4,13,22H2,1-2H3,(H,23,28). The van der Waals surface area contributed by atoms with Gasteiger partial charge in [-0.1, -0.05) is 37.2 Å². The Bertz CT molecular complexity index is 1180. The third kappa shape index (κ3) is 5.41. The maximum absolute atomic E-state index is 12.5. The van der Waals surface area contributed by atoms with Gasteiger partial charge in [-0.25, -0.2) is 13.1 Å². The summed E-state index contributed by atoms with van der Waals surface area (Å²) < 4.78 is 27.8. The maximum Gasteiger partial charge on any atom is 0.243 e. The Balaban J connectivity index is 1.60. The summed E-state index contributed by atoms with van der Waals surface area (Å²) in [7, 11) is -3.54. The number of sulfonamides is 1. The molecule has 3 rings (SSSR count). The number of thioether (sulfide) groups is 1. The van der Waals surface area contributed by atoms with E-state index in [0.29, 0.717) is 34.8 Å². The summed E-state index contributed by atoms with van der Waals surface area (Å²) in [5.74, 6) is 6.28. The van der Waals surface area contributed by atoms with Crippen molar-refractivity contribution in [3.63, 3.8) is 0 Å². The zero-order valence-corrected chi connectivity index (χ0v) is 19.9. The Kier molecular flexibility index (Phi) is 7.77. The summed E-state index contributed by atoms with van der Waals surface area (Å²) in [5.41, 5.74) is 1.24. The van der Waals surface area contributed by atoms with Crippen LogP contribution >= 0.6 is 23.4 Å². The fourth-order valence-corrected chi connectivity index (χ4v) is 5.16. The topological polar surface area (TPSA) is 123 Å². The summed E-state index contributed by atoms with van der Waals surface area (Å²) in [4.78, 5) is 12.5. The predicted molar refractivity (Wildman–Crippen MR) is 127 cm³/mol. The molecular formula is C20H23ClN6O3S2. The summed E-state index contributed by atoms with van der Waals surface area (Å²) in [6.07, 6.45) is 0. The number of benzene rings is 2. The minimum atomic E-state index is -3.54. The van der Waals surface area contributed by atoms with Crippen molar-refractivity contribution in [1.29, 1.82) is 0 Å². The number of carbonyl (C=O) groups is 1. The molecule has 0 aliphatic carbocycles. The molecule has 3 N–H and O–H groups in total. The second-order valence-electron chi connectivity index (χ2n) is 6.63. The highest BCUT2D eigenvalue weighted by molar-refractivity contribution is 7.99.